The van der Waals surface area contributed by atoms with Crippen molar-refractivity contribution in [2.24, 2.45) is 5.92 Å². The zero-order chi connectivity index (χ0) is 24.3. The van der Waals surface area contributed by atoms with Gasteiger partial charge in [0, 0.05) is 56.6 Å². The van der Waals surface area contributed by atoms with Crippen LogP contribution in [-0.2, 0) is 19.6 Å². The molecule has 0 aromatic heterocycles. The molecule has 34 heavy (non-hydrogen) atoms. The first kappa shape index (κ1) is 24.2. The quantitative estimate of drug-likeness (QED) is 0.643. The fourth-order valence-electron chi connectivity index (χ4n) is 4.30. The molecular weight excluding hydrogens is 456 g/mol. The van der Waals surface area contributed by atoms with E-state index in [1.165, 1.54) is 16.4 Å². The van der Waals surface area contributed by atoms with Crippen LogP contribution in [0.4, 0.5) is 11.4 Å². The lowest BCUT2D eigenvalue weighted by Gasteiger charge is -2.33. The van der Waals surface area contributed by atoms with Crippen LogP contribution in [0.5, 0.6) is 5.75 Å². The maximum atomic E-state index is 12.9. The average molecular weight is 487 g/mol. The largest absolute Gasteiger partial charge is 0.497 e. The lowest BCUT2D eigenvalue weighted by Crippen LogP contribution is -2.48. The van der Waals surface area contributed by atoms with Crippen molar-refractivity contribution in [3.05, 3.63) is 48.5 Å². The number of methoxy groups -OCH3 is 1. The number of hydrogen-bond donors (Lipinski definition) is 1. The van der Waals surface area contributed by atoms with Crippen molar-refractivity contribution in [1.29, 1.82) is 0 Å². The van der Waals surface area contributed by atoms with Gasteiger partial charge >= 0.3 is 0 Å². The highest BCUT2D eigenvalue weighted by Gasteiger charge is 2.35. The third-order valence-corrected chi connectivity index (χ3v) is 8.31. The van der Waals surface area contributed by atoms with Gasteiger partial charge in [0.15, 0.2) is 0 Å². The Labute approximate surface area is 200 Å². The van der Waals surface area contributed by atoms with E-state index >= 15 is 0 Å². The summed E-state index contributed by atoms with van der Waals surface area (Å²) in [5, 5.41) is 2.81. The molecule has 2 aliphatic heterocycles. The number of carbonyl (C=O) groups excluding carboxylic acids is 2. The van der Waals surface area contributed by atoms with Crippen molar-refractivity contribution in [3.8, 4) is 5.75 Å². The molecule has 2 saturated heterocycles. The molecule has 2 aromatic rings. The summed E-state index contributed by atoms with van der Waals surface area (Å²) < 4.78 is 32.6. The molecule has 10 heteroatoms. The molecular formula is C24H30N4O5S. The summed E-state index contributed by atoms with van der Waals surface area (Å²) in [5.41, 5.74) is 1.18. The molecule has 2 amide bonds. The molecule has 0 bridgehead atoms. The Bertz CT molecular complexity index is 1140. The van der Waals surface area contributed by atoms with Crippen LogP contribution in [0.1, 0.15) is 13.3 Å². The lowest BCUT2D eigenvalue weighted by molar-refractivity contribution is -0.122. The minimum atomic E-state index is -3.57. The van der Waals surface area contributed by atoms with Gasteiger partial charge in [-0.2, -0.15) is 4.31 Å². The molecule has 9 nitrogen and oxygen atoms in total. The predicted octanol–water partition coefficient (Wildman–Crippen LogP) is 2.01. The summed E-state index contributed by atoms with van der Waals surface area (Å²) in [5.74, 6) is -0.263. The molecule has 0 spiro atoms. The predicted molar refractivity (Wildman–Crippen MR) is 129 cm³/mol. The van der Waals surface area contributed by atoms with Crippen molar-refractivity contribution in [2.75, 3.05) is 56.6 Å². The molecule has 2 aliphatic rings. The van der Waals surface area contributed by atoms with Crippen molar-refractivity contribution < 1.29 is 22.7 Å². The van der Waals surface area contributed by atoms with Crippen LogP contribution in [0.3, 0.4) is 0 Å². The van der Waals surface area contributed by atoms with Gasteiger partial charge in [-0.15, -0.1) is 0 Å². The number of carbonyl (C=O) groups is 2. The number of benzene rings is 2. The first-order valence-electron chi connectivity index (χ1n) is 11.4. The SMILES string of the molecule is CCN1CCN(S(=O)(=O)c2ccc(NC(=O)C3CC(=O)N(c4cccc(OC)c4)C3)cc2)CC1. The molecule has 1 unspecified atom stereocenters. The molecule has 0 radical (unpaired) electrons. The van der Waals surface area contributed by atoms with Crippen LogP contribution < -0.4 is 15.0 Å². The van der Waals surface area contributed by atoms with Gasteiger partial charge in [0.2, 0.25) is 21.8 Å². The standard InChI is InChI=1S/C24H30N4O5S/c1-3-26-11-13-27(14-12-26)34(31,32)22-9-7-19(8-10-22)25-24(30)18-15-23(29)28(17-18)20-5-4-6-21(16-20)33-2/h4-10,16,18H,3,11-15,17H2,1-2H3,(H,25,30). The Morgan fingerprint density at radius 3 is 2.44 bits per heavy atom. The molecule has 2 heterocycles. The lowest BCUT2D eigenvalue weighted by atomic mass is 10.1. The van der Waals surface area contributed by atoms with E-state index in [0.29, 0.717) is 30.2 Å². The number of nitrogens with one attached hydrogen (secondary N) is 1. The van der Waals surface area contributed by atoms with Gasteiger partial charge in [0.1, 0.15) is 5.75 Å². The molecule has 0 saturated carbocycles. The Morgan fingerprint density at radius 1 is 1.09 bits per heavy atom. The van der Waals surface area contributed by atoms with Crippen molar-refractivity contribution >= 4 is 33.2 Å². The maximum Gasteiger partial charge on any atom is 0.243 e. The third kappa shape index (κ3) is 5.08. The molecule has 182 valence electrons. The zero-order valence-electron chi connectivity index (χ0n) is 19.4. The fourth-order valence-corrected chi connectivity index (χ4v) is 5.72. The van der Waals surface area contributed by atoms with Gasteiger partial charge in [-0.3, -0.25) is 9.59 Å². The van der Waals surface area contributed by atoms with Gasteiger partial charge < -0.3 is 19.9 Å². The molecule has 1 atom stereocenters. The van der Waals surface area contributed by atoms with E-state index in [-0.39, 0.29) is 29.7 Å². The Kier molecular flexibility index (Phi) is 7.20. The van der Waals surface area contributed by atoms with Crippen LogP contribution in [0.2, 0.25) is 0 Å². The number of sulfonamides is 1. The molecule has 4 rings (SSSR count). The minimum Gasteiger partial charge on any atom is -0.497 e. The Morgan fingerprint density at radius 2 is 1.79 bits per heavy atom. The third-order valence-electron chi connectivity index (χ3n) is 6.40. The zero-order valence-corrected chi connectivity index (χ0v) is 20.3. The fraction of sp³-hybridized carbons (Fsp3) is 0.417. The van der Waals surface area contributed by atoms with Crippen molar-refractivity contribution in [1.82, 2.24) is 9.21 Å². The van der Waals surface area contributed by atoms with Gasteiger partial charge in [-0.05, 0) is 42.9 Å². The number of nitrogens with zero attached hydrogens (tertiary/aromatic N) is 3. The summed E-state index contributed by atoms with van der Waals surface area (Å²) >= 11 is 0. The summed E-state index contributed by atoms with van der Waals surface area (Å²) in [6.45, 7) is 5.62. The second-order valence-corrected chi connectivity index (χ2v) is 10.4. The van der Waals surface area contributed by atoms with E-state index in [1.54, 1.807) is 42.3 Å². The summed E-state index contributed by atoms with van der Waals surface area (Å²) in [6, 6.07) is 13.4. The smallest absolute Gasteiger partial charge is 0.243 e. The number of anilines is 2. The van der Waals surface area contributed by atoms with E-state index in [0.717, 1.165) is 19.6 Å². The first-order chi connectivity index (χ1) is 16.3. The topological polar surface area (TPSA) is 99.3 Å². The molecule has 2 fully saturated rings. The van der Waals surface area contributed by atoms with Crippen LogP contribution in [-0.4, -0.2) is 75.8 Å². The minimum absolute atomic E-state index is 0.110. The van der Waals surface area contributed by atoms with E-state index < -0.39 is 15.9 Å². The van der Waals surface area contributed by atoms with Crippen molar-refractivity contribution in [2.45, 2.75) is 18.2 Å². The Hall–Kier alpha value is -2.95. The van der Waals surface area contributed by atoms with E-state index in [4.69, 9.17) is 4.74 Å². The highest BCUT2D eigenvalue weighted by molar-refractivity contribution is 7.89. The van der Waals surface area contributed by atoms with Crippen LogP contribution in [0.25, 0.3) is 0 Å². The van der Waals surface area contributed by atoms with Gasteiger partial charge in [-0.25, -0.2) is 8.42 Å². The first-order valence-corrected chi connectivity index (χ1v) is 12.8. The summed E-state index contributed by atoms with van der Waals surface area (Å²) in [7, 11) is -2.01. The number of hydrogen-bond acceptors (Lipinski definition) is 6. The second-order valence-electron chi connectivity index (χ2n) is 8.46. The molecule has 0 aliphatic carbocycles. The summed E-state index contributed by atoms with van der Waals surface area (Å²) in [4.78, 5) is 29.3. The van der Waals surface area contributed by atoms with Gasteiger partial charge in [0.25, 0.3) is 0 Å². The highest BCUT2D eigenvalue weighted by Crippen LogP contribution is 2.29. The van der Waals surface area contributed by atoms with E-state index in [2.05, 4.69) is 17.1 Å². The summed E-state index contributed by atoms with van der Waals surface area (Å²) in [6.07, 6.45) is 0.110. The maximum absolute atomic E-state index is 12.9. The van der Waals surface area contributed by atoms with Crippen LogP contribution >= 0.6 is 0 Å². The molecule has 1 N–H and O–H groups in total. The number of ether oxygens (including phenoxy) is 1. The average Bonchev–Trinajstić information content (AvgIpc) is 3.26. The number of amides is 2. The monoisotopic (exact) mass is 486 g/mol. The van der Waals surface area contributed by atoms with E-state index in [9.17, 15) is 18.0 Å². The van der Waals surface area contributed by atoms with Crippen LogP contribution in [0.15, 0.2) is 53.4 Å². The highest BCUT2D eigenvalue weighted by atomic mass is 32.2. The van der Waals surface area contributed by atoms with E-state index in [1.807, 2.05) is 6.07 Å². The number of rotatable bonds is 7. The number of likely N-dealkylation sites (N-methyl/N-ethyl adjacent to an activating group) is 1. The van der Waals surface area contributed by atoms with Crippen LogP contribution in [0, 0.1) is 5.92 Å². The van der Waals surface area contributed by atoms with Gasteiger partial charge in [-0.1, -0.05) is 13.0 Å². The Balaban J connectivity index is 1.38. The second kappa shape index (κ2) is 10.1. The van der Waals surface area contributed by atoms with Crippen molar-refractivity contribution in [3.63, 3.8) is 0 Å². The normalized spacial score (nSPS) is 19.9. The number of piperazine rings is 1. The molecule has 2 aromatic carbocycles. The van der Waals surface area contributed by atoms with Gasteiger partial charge in [0.05, 0.1) is 17.9 Å².